The highest BCUT2D eigenvalue weighted by Crippen LogP contribution is 2.32. The van der Waals surface area contributed by atoms with Gasteiger partial charge >= 0.3 is 6.18 Å². The Labute approximate surface area is 112 Å². The largest absolute Gasteiger partial charge is 0.416 e. The molecule has 2 nitrogen and oxygen atoms in total. The third-order valence-electron chi connectivity index (χ3n) is 3.33. The van der Waals surface area contributed by atoms with Crippen LogP contribution in [0, 0.1) is 5.92 Å². The summed E-state index contributed by atoms with van der Waals surface area (Å²) >= 11 is 0. The Morgan fingerprint density at radius 2 is 2.00 bits per heavy atom. The average molecular weight is 274 g/mol. The quantitative estimate of drug-likeness (QED) is 0.607. The van der Waals surface area contributed by atoms with E-state index in [4.69, 9.17) is 5.84 Å². The molecule has 2 atom stereocenters. The van der Waals surface area contributed by atoms with Crippen molar-refractivity contribution in [1.29, 1.82) is 0 Å². The van der Waals surface area contributed by atoms with E-state index in [0.29, 0.717) is 5.56 Å². The summed E-state index contributed by atoms with van der Waals surface area (Å²) in [5, 5.41) is 0. The van der Waals surface area contributed by atoms with E-state index in [0.717, 1.165) is 25.3 Å². The first-order valence-corrected chi connectivity index (χ1v) is 6.53. The maximum Gasteiger partial charge on any atom is 0.416 e. The summed E-state index contributed by atoms with van der Waals surface area (Å²) < 4.78 is 38.1. The molecule has 0 spiro atoms. The van der Waals surface area contributed by atoms with Crippen LogP contribution in [0.5, 0.6) is 0 Å². The lowest BCUT2D eigenvalue weighted by atomic mass is 9.90. The van der Waals surface area contributed by atoms with E-state index in [9.17, 15) is 13.2 Å². The number of alkyl halides is 3. The first-order valence-electron chi connectivity index (χ1n) is 6.53. The fourth-order valence-electron chi connectivity index (χ4n) is 2.19. The number of nitrogens with two attached hydrogens (primary N) is 1. The number of unbranched alkanes of at least 4 members (excludes halogenated alkanes) is 1. The van der Waals surface area contributed by atoms with Gasteiger partial charge in [0.25, 0.3) is 0 Å². The molecule has 108 valence electrons. The number of nitrogens with one attached hydrogen (secondary N) is 1. The van der Waals surface area contributed by atoms with Crippen LogP contribution in [-0.4, -0.2) is 0 Å². The maximum atomic E-state index is 12.7. The zero-order valence-electron chi connectivity index (χ0n) is 11.3. The van der Waals surface area contributed by atoms with Crippen LogP contribution in [0.1, 0.15) is 50.3 Å². The highest BCUT2D eigenvalue weighted by molar-refractivity contribution is 5.28. The summed E-state index contributed by atoms with van der Waals surface area (Å²) in [6, 6.07) is 5.10. The van der Waals surface area contributed by atoms with Crippen LogP contribution in [-0.2, 0) is 6.18 Å². The summed E-state index contributed by atoms with van der Waals surface area (Å²) in [4.78, 5) is 0. The summed E-state index contributed by atoms with van der Waals surface area (Å²) in [6.07, 6.45) is -1.29. The van der Waals surface area contributed by atoms with Crippen LogP contribution in [0.2, 0.25) is 0 Å². The number of hydrogen-bond acceptors (Lipinski definition) is 2. The van der Waals surface area contributed by atoms with E-state index in [2.05, 4.69) is 12.3 Å². The Kier molecular flexibility index (Phi) is 5.82. The van der Waals surface area contributed by atoms with E-state index < -0.39 is 11.7 Å². The minimum Gasteiger partial charge on any atom is -0.271 e. The number of benzene rings is 1. The van der Waals surface area contributed by atoms with Gasteiger partial charge in [-0.05, 0) is 30.0 Å². The van der Waals surface area contributed by atoms with Gasteiger partial charge in [0.1, 0.15) is 0 Å². The Morgan fingerprint density at radius 3 is 2.53 bits per heavy atom. The molecule has 0 aliphatic heterocycles. The molecular weight excluding hydrogens is 253 g/mol. The Balaban J connectivity index is 2.92. The lowest BCUT2D eigenvalue weighted by Gasteiger charge is -2.24. The van der Waals surface area contributed by atoms with Crippen LogP contribution >= 0.6 is 0 Å². The van der Waals surface area contributed by atoms with Gasteiger partial charge in [-0.15, -0.1) is 0 Å². The summed E-state index contributed by atoms with van der Waals surface area (Å²) in [7, 11) is 0. The standard InChI is InChI=1S/C14H21F3N2/c1-3-4-6-10(2)13(19-18)11-7-5-8-12(9-11)14(15,16)17/h5,7-10,13,19H,3-4,6,18H2,1-2H3. The topological polar surface area (TPSA) is 38.0 Å². The molecule has 2 unspecified atom stereocenters. The van der Waals surface area contributed by atoms with Gasteiger partial charge in [0, 0.05) is 6.04 Å². The Hall–Kier alpha value is -1.07. The minimum atomic E-state index is -4.32. The zero-order valence-corrected chi connectivity index (χ0v) is 11.3. The number of hydrazine groups is 1. The van der Waals surface area contributed by atoms with Crippen molar-refractivity contribution in [3.8, 4) is 0 Å². The molecule has 0 saturated carbocycles. The molecule has 0 amide bonds. The molecule has 1 aromatic rings. The van der Waals surface area contributed by atoms with Crippen molar-refractivity contribution in [3.05, 3.63) is 35.4 Å². The maximum absolute atomic E-state index is 12.7. The molecule has 5 heteroatoms. The van der Waals surface area contributed by atoms with Crippen LogP contribution < -0.4 is 11.3 Å². The van der Waals surface area contributed by atoms with Gasteiger partial charge < -0.3 is 0 Å². The lowest BCUT2D eigenvalue weighted by Crippen LogP contribution is -2.32. The third kappa shape index (κ3) is 4.51. The van der Waals surface area contributed by atoms with Crippen LogP contribution in [0.3, 0.4) is 0 Å². The van der Waals surface area contributed by atoms with E-state index in [-0.39, 0.29) is 12.0 Å². The highest BCUT2D eigenvalue weighted by atomic mass is 19.4. The van der Waals surface area contributed by atoms with E-state index >= 15 is 0 Å². The molecular formula is C14H21F3N2. The predicted molar refractivity (Wildman–Crippen MR) is 70.2 cm³/mol. The van der Waals surface area contributed by atoms with Crippen molar-refractivity contribution in [2.45, 2.75) is 45.3 Å². The normalized spacial score (nSPS) is 15.3. The van der Waals surface area contributed by atoms with Crippen molar-refractivity contribution in [3.63, 3.8) is 0 Å². The van der Waals surface area contributed by atoms with Crippen LogP contribution in [0.15, 0.2) is 24.3 Å². The number of halogens is 3. The van der Waals surface area contributed by atoms with Gasteiger partial charge in [0.2, 0.25) is 0 Å². The highest BCUT2D eigenvalue weighted by Gasteiger charge is 2.31. The molecule has 0 aliphatic rings. The first-order chi connectivity index (χ1) is 8.90. The van der Waals surface area contributed by atoms with Crippen molar-refractivity contribution >= 4 is 0 Å². The van der Waals surface area contributed by atoms with Crippen molar-refractivity contribution in [2.24, 2.45) is 11.8 Å². The van der Waals surface area contributed by atoms with E-state index in [1.165, 1.54) is 12.1 Å². The molecule has 0 saturated heterocycles. The molecule has 3 N–H and O–H groups in total. The zero-order chi connectivity index (χ0) is 14.5. The molecule has 0 heterocycles. The molecule has 0 aromatic heterocycles. The molecule has 1 rings (SSSR count). The molecule has 1 aromatic carbocycles. The van der Waals surface area contributed by atoms with E-state index in [1.807, 2.05) is 6.92 Å². The first kappa shape index (κ1) is 16.0. The fourth-order valence-corrected chi connectivity index (χ4v) is 2.19. The van der Waals surface area contributed by atoms with Gasteiger partial charge in [-0.2, -0.15) is 13.2 Å². The summed E-state index contributed by atoms with van der Waals surface area (Å²) in [5.41, 5.74) is 2.59. The number of rotatable bonds is 6. The lowest BCUT2D eigenvalue weighted by molar-refractivity contribution is -0.137. The third-order valence-corrected chi connectivity index (χ3v) is 3.33. The molecule has 0 fully saturated rings. The van der Waals surface area contributed by atoms with Gasteiger partial charge in [0.05, 0.1) is 5.56 Å². The summed E-state index contributed by atoms with van der Waals surface area (Å²) in [5.74, 6) is 5.69. The smallest absolute Gasteiger partial charge is 0.271 e. The van der Waals surface area contributed by atoms with Crippen molar-refractivity contribution < 1.29 is 13.2 Å². The van der Waals surface area contributed by atoms with Gasteiger partial charge in [-0.25, -0.2) is 0 Å². The van der Waals surface area contributed by atoms with Crippen molar-refractivity contribution in [2.75, 3.05) is 0 Å². The second kappa shape index (κ2) is 6.91. The Morgan fingerprint density at radius 1 is 1.32 bits per heavy atom. The Bertz CT molecular complexity index is 391. The second-order valence-electron chi connectivity index (χ2n) is 4.89. The van der Waals surface area contributed by atoms with E-state index in [1.54, 1.807) is 6.07 Å². The molecule has 19 heavy (non-hydrogen) atoms. The molecule has 0 bridgehead atoms. The second-order valence-corrected chi connectivity index (χ2v) is 4.89. The summed E-state index contributed by atoms with van der Waals surface area (Å²) in [6.45, 7) is 4.09. The van der Waals surface area contributed by atoms with Gasteiger partial charge in [0.15, 0.2) is 0 Å². The van der Waals surface area contributed by atoms with Gasteiger partial charge in [-0.3, -0.25) is 11.3 Å². The average Bonchev–Trinajstić information content (AvgIpc) is 2.36. The van der Waals surface area contributed by atoms with Crippen LogP contribution in [0.4, 0.5) is 13.2 Å². The fraction of sp³-hybridized carbons (Fsp3) is 0.571. The van der Waals surface area contributed by atoms with Crippen molar-refractivity contribution in [1.82, 2.24) is 5.43 Å². The predicted octanol–water partition coefficient (Wildman–Crippen LogP) is 4.04. The monoisotopic (exact) mass is 274 g/mol. The van der Waals surface area contributed by atoms with Crippen LogP contribution in [0.25, 0.3) is 0 Å². The van der Waals surface area contributed by atoms with Gasteiger partial charge in [-0.1, -0.05) is 38.8 Å². The SMILES string of the molecule is CCCCC(C)C(NN)c1cccc(C(F)(F)F)c1. The molecule has 0 radical (unpaired) electrons. The number of hydrogen-bond donors (Lipinski definition) is 2. The molecule has 0 aliphatic carbocycles. The minimum absolute atomic E-state index is 0.188.